The molecule has 1 aliphatic rings. The van der Waals surface area contributed by atoms with Crippen LogP contribution in [-0.2, 0) is 18.0 Å². The number of hydrogen-bond acceptors (Lipinski definition) is 6. The summed E-state index contributed by atoms with van der Waals surface area (Å²) in [7, 11) is 5.27. The monoisotopic (exact) mass is 504 g/mol. The van der Waals surface area contributed by atoms with Crippen molar-refractivity contribution in [2.24, 2.45) is 7.05 Å². The molecule has 4 rings (SSSR count). The number of ether oxygens (including phenoxy) is 1. The second-order valence-corrected chi connectivity index (χ2v) is 8.62. The molecule has 3 heterocycles. The fraction of sp³-hybridized carbons (Fsp3) is 0.400. The number of piperidine rings is 1. The number of halogens is 4. The molecule has 36 heavy (non-hydrogen) atoms. The van der Waals surface area contributed by atoms with E-state index in [2.05, 4.69) is 25.2 Å². The molecule has 1 N–H and O–H groups in total. The molecule has 0 atom stereocenters. The van der Waals surface area contributed by atoms with Crippen molar-refractivity contribution in [2.45, 2.75) is 24.9 Å². The molecule has 0 bridgehead atoms. The Balaban J connectivity index is 1.53. The molecule has 0 amide bonds. The molecule has 11 heteroatoms. The van der Waals surface area contributed by atoms with E-state index < -0.39 is 17.6 Å². The first-order chi connectivity index (χ1) is 17.2. The zero-order valence-corrected chi connectivity index (χ0v) is 20.3. The Morgan fingerprint density at radius 1 is 1.19 bits per heavy atom. The highest BCUT2D eigenvalue weighted by atomic mass is 19.4. The standard InChI is InChI=1S/C25H28F4N6O/c1-30-22-18(5-4-12-36-3)24(32-15-31-22)35-10-8-16(9-11-35)23-33-21(14-34(23)2)17-6-7-20(26)19(13-17)25(27,28)29/h4-7,13-16H,8-12H2,1-3H3,(H,30,31,32)/b5-4+. The van der Waals surface area contributed by atoms with Crippen molar-refractivity contribution < 1.29 is 22.3 Å². The van der Waals surface area contributed by atoms with Gasteiger partial charge in [0, 0.05) is 52.0 Å². The number of nitrogens with one attached hydrogen (secondary N) is 1. The van der Waals surface area contributed by atoms with E-state index in [1.807, 2.05) is 30.8 Å². The third-order valence-electron chi connectivity index (χ3n) is 6.29. The Morgan fingerprint density at radius 3 is 2.61 bits per heavy atom. The maximum Gasteiger partial charge on any atom is 0.419 e. The van der Waals surface area contributed by atoms with Crippen LogP contribution in [0, 0.1) is 5.82 Å². The van der Waals surface area contributed by atoms with Gasteiger partial charge in [0.15, 0.2) is 0 Å². The van der Waals surface area contributed by atoms with Crippen LogP contribution in [0.1, 0.15) is 35.7 Å². The van der Waals surface area contributed by atoms with Crippen LogP contribution in [0.25, 0.3) is 17.3 Å². The lowest BCUT2D eigenvalue weighted by molar-refractivity contribution is -0.139. The van der Waals surface area contributed by atoms with Crippen molar-refractivity contribution in [1.29, 1.82) is 0 Å². The SMILES string of the molecule is CNc1ncnc(N2CCC(c3nc(-c4ccc(F)c(C(F)(F)F)c4)cn3C)CC2)c1/C=C/COC. The Labute approximate surface area is 206 Å². The molecule has 7 nitrogen and oxygen atoms in total. The summed E-state index contributed by atoms with van der Waals surface area (Å²) in [5.74, 6) is 1.17. The molecule has 1 fully saturated rings. The van der Waals surface area contributed by atoms with E-state index >= 15 is 0 Å². The van der Waals surface area contributed by atoms with Crippen LogP contribution in [0.3, 0.4) is 0 Å². The topological polar surface area (TPSA) is 68.1 Å². The molecular formula is C25H28F4N6O. The maximum absolute atomic E-state index is 13.7. The van der Waals surface area contributed by atoms with Crippen LogP contribution in [-0.4, -0.2) is 53.4 Å². The van der Waals surface area contributed by atoms with Crippen LogP contribution in [0.2, 0.25) is 0 Å². The lowest BCUT2D eigenvalue weighted by atomic mass is 9.95. The third-order valence-corrected chi connectivity index (χ3v) is 6.29. The number of aryl methyl sites for hydroxylation is 1. The fourth-order valence-corrected chi connectivity index (χ4v) is 4.50. The van der Waals surface area contributed by atoms with Crippen LogP contribution in [0.5, 0.6) is 0 Å². The molecule has 0 aliphatic carbocycles. The zero-order valence-electron chi connectivity index (χ0n) is 20.3. The molecular weight excluding hydrogens is 476 g/mol. The average Bonchev–Trinajstić information content (AvgIpc) is 3.25. The Bertz CT molecular complexity index is 1230. The Kier molecular flexibility index (Phi) is 7.58. The van der Waals surface area contributed by atoms with Crippen molar-refractivity contribution in [3.63, 3.8) is 0 Å². The molecule has 0 unspecified atom stereocenters. The van der Waals surface area contributed by atoms with Gasteiger partial charge in [-0.25, -0.2) is 19.3 Å². The summed E-state index contributed by atoms with van der Waals surface area (Å²) in [4.78, 5) is 15.7. The largest absolute Gasteiger partial charge is 0.419 e. The summed E-state index contributed by atoms with van der Waals surface area (Å²) >= 11 is 0. The lowest BCUT2D eigenvalue weighted by Crippen LogP contribution is -2.34. The van der Waals surface area contributed by atoms with Crippen molar-refractivity contribution in [3.05, 3.63) is 59.6 Å². The van der Waals surface area contributed by atoms with Crippen LogP contribution >= 0.6 is 0 Å². The smallest absolute Gasteiger partial charge is 0.381 e. The van der Waals surface area contributed by atoms with Gasteiger partial charge >= 0.3 is 6.18 Å². The first-order valence-electron chi connectivity index (χ1n) is 11.6. The highest BCUT2D eigenvalue weighted by Gasteiger charge is 2.34. The van der Waals surface area contributed by atoms with Gasteiger partial charge in [-0.2, -0.15) is 13.2 Å². The number of hydrogen-bond donors (Lipinski definition) is 1. The molecule has 2 aromatic heterocycles. The first kappa shape index (κ1) is 25.6. The van der Waals surface area contributed by atoms with Crippen molar-refractivity contribution in [1.82, 2.24) is 19.5 Å². The highest BCUT2D eigenvalue weighted by molar-refractivity contribution is 5.73. The minimum absolute atomic E-state index is 0.126. The number of nitrogens with zero attached hydrogens (tertiary/aromatic N) is 5. The van der Waals surface area contributed by atoms with Gasteiger partial charge in [-0.1, -0.05) is 6.08 Å². The summed E-state index contributed by atoms with van der Waals surface area (Å²) in [5.41, 5.74) is 0.213. The third kappa shape index (κ3) is 5.35. The Hall–Kier alpha value is -3.47. The van der Waals surface area contributed by atoms with Gasteiger partial charge in [0.1, 0.15) is 29.6 Å². The predicted octanol–water partition coefficient (Wildman–Crippen LogP) is 5.12. The lowest BCUT2D eigenvalue weighted by Gasteiger charge is -2.33. The molecule has 1 aromatic carbocycles. The van der Waals surface area contributed by atoms with E-state index in [0.29, 0.717) is 12.3 Å². The van der Waals surface area contributed by atoms with E-state index in [1.165, 1.54) is 12.4 Å². The van der Waals surface area contributed by atoms with E-state index in [0.717, 1.165) is 61.1 Å². The minimum atomic E-state index is -4.77. The Morgan fingerprint density at radius 2 is 1.94 bits per heavy atom. The number of aromatic nitrogens is 4. The number of rotatable bonds is 7. The van der Waals surface area contributed by atoms with Crippen LogP contribution in [0.15, 0.2) is 36.8 Å². The molecule has 0 spiro atoms. The van der Waals surface area contributed by atoms with E-state index in [-0.39, 0.29) is 11.5 Å². The molecule has 0 radical (unpaired) electrons. The van der Waals surface area contributed by atoms with Crippen molar-refractivity contribution in [3.8, 4) is 11.3 Å². The van der Waals surface area contributed by atoms with Crippen LogP contribution in [0.4, 0.5) is 29.2 Å². The number of anilines is 2. The predicted molar refractivity (Wildman–Crippen MR) is 130 cm³/mol. The molecule has 3 aromatic rings. The maximum atomic E-state index is 13.7. The van der Waals surface area contributed by atoms with Gasteiger partial charge in [-0.3, -0.25) is 0 Å². The summed E-state index contributed by atoms with van der Waals surface area (Å²) in [5, 5.41) is 3.10. The molecule has 192 valence electrons. The van der Waals surface area contributed by atoms with Gasteiger partial charge in [-0.05, 0) is 37.1 Å². The van der Waals surface area contributed by atoms with E-state index in [9.17, 15) is 17.6 Å². The summed E-state index contributed by atoms with van der Waals surface area (Å²) in [6.07, 6.45) is 3.89. The van der Waals surface area contributed by atoms with Gasteiger partial charge in [-0.15, -0.1) is 0 Å². The molecule has 1 saturated heterocycles. The van der Waals surface area contributed by atoms with Crippen LogP contribution < -0.4 is 10.2 Å². The number of methoxy groups -OCH3 is 1. The van der Waals surface area contributed by atoms with E-state index in [1.54, 1.807) is 13.3 Å². The molecule has 1 aliphatic heterocycles. The average molecular weight is 505 g/mol. The van der Waals surface area contributed by atoms with Crippen molar-refractivity contribution in [2.75, 3.05) is 44.1 Å². The van der Waals surface area contributed by atoms with E-state index in [4.69, 9.17) is 4.74 Å². The number of alkyl halides is 3. The second-order valence-electron chi connectivity index (χ2n) is 8.62. The summed E-state index contributed by atoms with van der Waals surface area (Å²) in [6, 6.07) is 2.98. The second kappa shape index (κ2) is 10.7. The summed E-state index contributed by atoms with van der Waals surface area (Å²) in [6.45, 7) is 1.93. The normalized spacial score (nSPS) is 15.1. The quantitative estimate of drug-likeness (QED) is 0.451. The summed E-state index contributed by atoms with van der Waals surface area (Å²) < 4.78 is 60.2. The first-order valence-corrected chi connectivity index (χ1v) is 11.6. The van der Waals surface area contributed by atoms with Gasteiger partial charge in [0.2, 0.25) is 0 Å². The van der Waals surface area contributed by atoms with Crippen molar-refractivity contribution >= 4 is 17.7 Å². The fourth-order valence-electron chi connectivity index (χ4n) is 4.50. The number of imidazole rings is 1. The highest BCUT2D eigenvalue weighted by Crippen LogP contribution is 2.36. The van der Waals surface area contributed by atoms with Gasteiger partial charge in [0.25, 0.3) is 0 Å². The molecule has 0 saturated carbocycles. The van der Waals surface area contributed by atoms with Gasteiger partial charge in [0.05, 0.1) is 23.4 Å². The van der Waals surface area contributed by atoms with Gasteiger partial charge < -0.3 is 19.5 Å². The number of benzene rings is 1. The minimum Gasteiger partial charge on any atom is -0.381 e. The zero-order chi connectivity index (χ0) is 25.9.